The average molecular weight is 390 g/mol. The fraction of sp³-hybridized carbons (Fsp3) is 0.0455. The van der Waals surface area contributed by atoms with E-state index in [4.69, 9.17) is 4.74 Å². The number of halogens is 1. The molecule has 4 rings (SSSR count). The van der Waals surface area contributed by atoms with Gasteiger partial charge in [0.2, 0.25) is 5.91 Å². The van der Waals surface area contributed by atoms with Crippen molar-refractivity contribution >= 4 is 23.4 Å². The van der Waals surface area contributed by atoms with Gasteiger partial charge in [0.1, 0.15) is 18.1 Å². The van der Waals surface area contributed by atoms with Crippen LogP contribution in [-0.2, 0) is 4.79 Å². The van der Waals surface area contributed by atoms with Crippen LogP contribution in [0.15, 0.2) is 72.8 Å². The highest BCUT2D eigenvalue weighted by Crippen LogP contribution is 2.29. The third-order valence-corrected chi connectivity index (χ3v) is 4.38. The van der Waals surface area contributed by atoms with Gasteiger partial charge in [-0.15, -0.1) is 0 Å². The summed E-state index contributed by atoms with van der Waals surface area (Å²) in [6.07, 6.45) is 0. The molecule has 0 spiro atoms. The number of hydrogen-bond acceptors (Lipinski definition) is 4. The minimum Gasteiger partial charge on any atom is -0.455 e. The van der Waals surface area contributed by atoms with Gasteiger partial charge in [0.05, 0.1) is 16.8 Å². The molecule has 0 saturated heterocycles. The van der Waals surface area contributed by atoms with E-state index >= 15 is 0 Å². The van der Waals surface area contributed by atoms with E-state index in [0.29, 0.717) is 17.2 Å². The predicted octanol–water partition coefficient (Wildman–Crippen LogP) is 3.85. The molecule has 3 aromatic carbocycles. The van der Waals surface area contributed by atoms with Crippen LogP contribution in [0, 0.1) is 5.82 Å². The van der Waals surface area contributed by atoms with E-state index in [1.165, 1.54) is 12.1 Å². The number of rotatable bonds is 5. The van der Waals surface area contributed by atoms with Crippen molar-refractivity contribution in [3.8, 4) is 11.5 Å². The molecule has 1 heterocycles. The fourth-order valence-electron chi connectivity index (χ4n) is 3.04. The van der Waals surface area contributed by atoms with Gasteiger partial charge in [-0.25, -0.2) is 4.39 Å². The molecule has 0 saturated carbocycles. The number of carbonyl (C=O) groups is 3. The smallest absolute Gasteiger partial charge is 0.265 e. The van der Waals surface area contributed by atoms with Crippen LogP contribution in [0.25, 0.3) is 0 Å². The number of benzene rings is 3. The summed E-state index contributed by atoms with van der Waals surface area (Å²) in [4.78, 5) is 38.0. The molecule has 0 aliphatic carbocycles. The number of hydrogen-bond donors (Lipinski definition) is 1. The highest BCUT2D eigenvalue weighted by molar-refractivity contribution is 6.22. The predicted molar refractivity (Wildman–Crippen MR) is 103 cm³/mol. The van der Waals surface area contributed by atoms with E-state index in [-0.39, 0.29) is 11.1 Å². The van der Waals surface area contributed by atoms with Crippen LogP contribution >= 0.6 is 0 Å². The summed E-state index contributed by atoms with van der Waals surface area (Å²) in [6.45, 7) is -0.536. The second-order valence-corrected chi connectivity index (χ2v) is 6.32. The van der Waals surface area contributed by atoms with E-state index in [2.05, 4.69) is 5.32 Å². The minimum absolute atomic E-state index is 0.0457. The maximum atomic E-state index is 13.9. The van der Waals surface area contributed by atoms with Gasteiger partial charge in [-0.3, -0.25) is 19.3 Å². The van der Waals surface area contributed by atoms with E-state index in [0.717, 1.165) is 11.0 Å². The van der Waals surface area contributed by atoms with Crippen molar-refractivity contribution in [3.05, 3.63) is 89.7 Å². The topological polar surface area (TPSA) is 75.7 Å². The van der Waals surface area contributed by atoms with Crippen LogP contribution in [0.4, 0.5) is 10.1 Å². The Morgan fingerprint density at radius 2 is 1.62 bits per heavy atom. The molecule has 3 amide bonds. The molecule has 0 atom stereocenters. The first-order valence-electron chi connectivity index (χ1n) is 8.81. The first kappa shape index (κ1) is 18.4. The van der Waals surface area contributed by atoms with E-state index in [1.54, 1.807) is 36.4 Å². The molecule has 144 valence electrons. The zero-order valence-electron chi connectivity index (χ0n) is 15.1. The second-order valence-electron chi connectivity index (χ2n) is 6.32. The maximum absolute atomic E-state index is 13.9. The Bertz CT molecular complexity index is 1110. The van der Waals surface area contributed by atoms with Crippen molar-refractivity contribution in [1.82, 2.24) is 4.90 Å². The Kier molecular flexibility index (Phi) is 4.78. The fourth-order valence-corrected chi connectivity index (χ4v) is 3.04. The Hall–Kier alpha value is -4.00. The monoisotopic (exact) mass is 390 g/mol. The SMILES string of the molecule is O=C(CN1C(=O)c2cccc(F)c2C1=O)Nc1ccccc1Oc1ccccc1. The number of fused-ring (bicyclic) bond motifs is 1. The molecule has 1 N–H and O–H groups in total. The number of carbonyl (C=O) groups excluding carboxylic acids is 3. The van der Waals surface area contributed by atoms with Crippen molar-refractivity contribution in [1.29, 1.82) is 0 Å². The Morgan fingerprint density at radius 3 is 2.38 bits per heavy atom. The summed E-state index contributed by atoms with van der Waals surface area (Å²) < 4.78 is 19.7. The number of amides is 3. The Labute approximate surface area is 165 Å². The van der Waals surface area contributed by atoms with Crippen molar-refractivity contribution in [2.24, 2.45) is 0 Å². The first-order valence-corrected chi connectivity index (χ1v) is 8.81. The molecule has 6 nitrogen and oxygen atoms in total. The van der Waals surface area contributed by atoms with E-state index in [9.17, 15) is 18.8 Å². The molecular weight excluding hydrogens is 375 g/mol. The molecule has 1 aliphatic rings. The number of nitrogens with one attached hydrogen (secondary N) is 1. The van der Waals surface area contributed by atoms with Crippen molar-refractivity contribution in [3.63, 3.8) is 0 Å². The van der Waals surface area contributed by atoms with Crippen LogP contribution in [0.3, 0.4) is 0 Å². The summed E-state index contributed by atoms with van der Waals surface area (Å²) in [6, 6.07) is 19.6. The zero-order valence-corrected chi connectivity index (χ0v) is 15.1. The molecule has 0 bridgehead atoms. The number of para-hydroxylation sites is 3. The van der Waals surface area contributed by atoms with Gasteiger partial charge in [0, 0.05) is 0 Å². The molecule has 0 aromatic heterocycles. The van der Waals surface area contributed by atoms with Gasteiger partial charge < -0.3 is 10.1 Å². The summed E-state index contributed by atoms with van der Waals surface area (Å²) >= 11 is 0. The molecule has 1 aliphatic heterocycles. The van der Waals surface area contributed by atoms with Crippen LogP contribution in [-0.4, -0.2) is 29.2 Å². The molecular formula is C22H15FN2O4. The lowest BCUT2D eigenvalue weighted by molar-refractivity contribution is -0.116. The van der Waals surface area contributed by atoms with Gasteiger partial charge in [0.15, 0.2) is 5.75 Å². The third-order valence-electron chi connectivity index (χ3n) is 4.38. The minimum atomic E-state index is -0.827. The van der Waals surface area contributed by atoms with Gasteiger partial charge in [-0.1, -0.05) is 36.4 Å². The molecule has 0 fully saturated rings. The van der Waals surface area contributed by atoms with Crippen LogP contribution in [0.1, 0.15) is 20.7 Å². The number of ether oxygens (including phenoxy) is 1. The van der Waals surface area contributed by atoms with Gasteiger partial charge in [-0.2, -0.15) is 0 Å². The number of imide groups is 1. The standard InChI is InChI=1S/C22H15FN2O4/c23-16-10-6-9-15-20(16)22(28)25(21(15)27)13-19(26)24-17-11-4-5-12-18(17)29-14-7-2-1-3-8-14/h1-12H,13H2,(H,24,26). The lowest BCUT2D eigenvalue weighted by Gasteiger charge is -2.15. The third kappa shape index (κ3) is 3.58. The molecule has 0 unspecified atom stereocenters. The summed E-state index contributed by atoms with van der Waals surface area (Å²) in [5.74, 6) is -1.93. The second kappa shape index (κ2) is 7.55. The summed E-state index contributed by atoms with van der Waals surface area (Å²) in [7, 11) is 0. The summed E-state index contributed by atoms with van der Waals surface area (Å²) in [5.41, 5.74) is 0.0258. The molecule has 3 aromatic rings. The van der Waals surface area contributed by atoms with Crippen molar-refractivity contribution in [2.45, 2.75) is 0 Å². The van der Waals surface area contributed by atoms with Crippen LogP contribution in [0.5, 0.6) is 11.5 Å². The highest BCUT2D eigenvalue weighted by Gasteiger charge is 2.38. The number of nitrogens with zero attached hydrogens (tertiary/aromatic N) is 1. The Morgan fingerprint density at radius 1 is 0.897 bits per heavy atom. The first-order chi connectivity index (χ1) is 14.0. The lowest BCUT2D eigenvalue weighted by Crippen LogP contribution is -2.37. The van der Waals surface area contributed by atoms with Crippen molar-refractivity contribution < 1.29 is 23.5 Å². The van der Waals surface area contributed by atoms with Gasteiger partial charge >= 0.3 is 0 Å². The zero-order chi connectivity index (χ0) is 20.4. The van der Waals surface area contributed by atoms with E-state index in [1.807, 2.05) is 18.2 Å². The molecule has 7 heteroatoms. The van der Waals surface area contributed by atoms with Crippen LogP contribution in [0.2, 0.25) is 0 Å². The quantitative estimate of drug-likeness (QED) is 0.672. The highest BCUT2D eigenvalue weighted by atomic mass is 19.1. The lowest BCUT2D eigenvalue weighted by atomic mass is 10.1. The average Bonchev–Trinajstić information content (AvgIpc) is 2.96. The van der Waals surface area contributed by atoms with Gasteiger partial charge in [0.25, 0.3) is 11.8 Å². The normalized spacial score (nSPS) is 12.7. The summed E-state index contributed by atoms with van der Waals surface area (Å²) in [5, 5.41) is 2.64. The maximum Gasteiger partial charge on any atom is 0.265 e. The number of anilines is 1. The largest absolute Gasteiger partial charge is 0.455 e. The Balaban J connectivity index is 1.50. The molecule has 0 radical (unpaired) electrons. The van der Waals surface area contributed by atoms with E-state index < -0.39 is 30.1 Å². The van der Waals surface area contributed by atoms with Gasteiger partial charge in [-0.05, 0) is 36.4 Å². The van der Waals surface area contributed by atoms with Crippen LogP contribution < -0.4 is 10.1 Å². The molecule has 29 heavy (non-hydrogen) atoms. The van der Waals surface area contributed by atoms with Crippen molar-refractivity contribution in [2.75, 3.05) is 11.9 Å².